The summed E-state index contributed by atoms with van der Waals surface area (Å²) in [5.41, 5.74) is 3.27. The minimum absolute atomic E-state index is 0.219. The minimum atomic E-state index is -0.413. The summed E-state index contributed by atoms with van der Waals surface area (Å²) in [6, 6.07) is 17.6. The number of nitrogens with zero attached hydrogens (tertiary/aromatic N) is 2. The number of carbonyl (C=O) groups is 2. The summed E-state index contributed by atoms with van der Waals surface area (Å²) in [6.45, 7) is 0.943. The van der Waals surface area contributed by atoms with E-state index < -0.39 is 5.41 Å². The first-order chi connectivity index (χ1) is 15.2. The van der Waals surface area contributed by atoms with Gasteiger partial charge in [-0.15, -0.1) is 0 Å². The monoisotopic (exact) mass is 414 g/mol. The number of ketones is 1. The van der Waals surface area contributed by atoms with Crippen LogP contribution in [0.2, 0.25) is 0 Å². The fraction of sp³-hybridized carbons (Fsp3) is 0.423. The first kappa shape index (κ1) is 18.8. The smallest absolute Gasteiger partial charge is 0.414 e. The highest BCUT2D eigenvalue weighted by molar-refractivity contribution is 6.20. The van der Waals surface area contributed by atoms with Crippen LogP contribution in [0.25, 0.3) is 0 Å². The Labute approximate surface area is 182 Å². The zero-order valence-corrected chi connectivity index (χ0v) is 17.5. The van der Waals surface area contributed by atoms with Crippen LogP contribution in [0.4, 0.5) is 10.5 Å². The highest BCUT2D eigenvalue weighted by Crippen LogP contribution is 2.61. The highest BCUT2D eigenvalue weighted by atomic mass is 16.6. The predicted octanol–water partition coefficient (Wildman–Crippen LogP) is 4.83. The van der Waals surface area contributed by atoms with Gasteiger partial charge < -0.3 is 4.74 Å². The second kappa shape index (κ2) is 6.78. The number of ether oxygens (including phenoxy) is 1. The van der Waals surface area contributed by atoms with Gasteiger partial charge in [0.05, 0.1) is 22.6 Å². The molecule has 2 aromatic rings. The SMILES string of the molecule is O=C(OCc1ccccc1)N1c2ccccc2[C@]23CCN=C2C2(CCCC2)C(=O)C[C@H]13. The van der Waals surface area contributed by atoms with Crippen LogP contribution < -0.4 is 4.90 Å². The van der Waals surface area contributed by atoms with Crippen molar-refractivity contribution in [2.45, 2.75) is 56.6 Å². The van der Waals surface area contributed by atoms with Gasteiger partial charge in [-0.3, -0.25) is 14.7 Å². The van der Waals surface area contributed by atoms with Crippen molar-refractivity contribution in [3.8, 4) is 0 Å². The number of amides is 1. The molecule has 0 aromatic heterocycles. The molecule has 31 heavy (non-hydrogen) atoms. The molecule has 5 heteroatoms. The van der Waals surface area contributed by atoms with E-state index in [0.29, 0.717) is 6.42 Å². The molecule has 2 spiro atoms. The first-order valence-electron chi connectivity index (χ1n) is 11.3. The number of hydrogen-bond donors (Lipinski definition) is 0. The largest absolute Gasteiger partial charge is 0.444 e. The van der Waals surface area contributed by atoms with E-state index in [4.69, 9.17) is 9.73 Å². The van der Waals surface area contributed by atoms with E-state index in [1.807, 2.05) is 48.5 Å². The fourth-order valence-electron chi connectivity index (χ4n) is 6.67. The number of rotatable bonds is 2. The van der Waals surface area contributed by atoms with Gasteiger partial charge in [-0.25, -0.2) is 4.79 Å². The number of fused-ring (bicyclic) bond motifs is 2. The molecule has 158 valence electrons. The lowest BCUT2D eigenvalue weighted by Crippen LogP contribution is -2.61. The lowest BCUT2D eigenvalue weighted by molar-refractivity contribution is -0.127. The van der Waals surface area contributed by atoms with Gasteiger partial charge in [-0.1, -0.05) is 61.4 Å². The van der Waals surface area contributed by atoms with Gasteiger partial charge in [0.1, 0.15) is 12.4 Å². The maximum Gasteiger partial charge on any atom is 0.414 e. The van der Waals surface area contributed by atoms with Crippen LogP contribution in [0.1, 0.15) is 49.7 Å². The number of carbonyl (C=O) groups excluding carboxylic acids is 2. The molecule has 2 aliphatic heterocycles. The Morgan fingerprint density at radius 3 is 2.58 bits per heavy atom. The average Bonchev–Trinajstić information content (AvgIpc) is 3.52. The Balaban J connectivity index is 1.41. The van der Waals surface area contributed by atoms with Crippen molar-refractivity contribution < 1.29 is 14.3 Å². The quantitative estimate of drug-likeness (QED) is 0.707. The van der Waals surface area contributed by atoms with E-state index in [1.165, 1.54) is 0 Å². The number of anilines is 1. The molecule has 2 heterocycles. The Bertz CT molecular complexity index is 1090. The van der Waals surface area contributed by atoms with Crippen molar-refractivity contribution in [2.24, 2.45) is 10.4 Å². The van der Waals surface area contributed by atoms with E-state index in [-0.39, 0.29) is 29.9 Å². The van der Waals surface area contributed by atoms with Gasteiger partial charge in [0.2, 0.25) is 0 Å². The summed E-state index contributed by atoms with van der Waals surface area (Å²) in [5, 5.41) is 0. The fourth-order valence-corrected chi connectivity index (χ4v) is 6.67. The Morgan fingerprint density at radius 2 is 1.77 bits per heavy atom. The molecule has 0 N–H and O–H groups in total. The van der Waals surface area contributed by atoms with E-state index in [1.54, 1.807) is 4.90 Å². The number of benzene rings is 2. The predicted molar refractivity (Wildman–Crippen MR) is 118 cm³/mol. The van der Waals surface area contributed by atoms with Crippen molar-refractivity contribution in [1.82, 2.24) is 0 Å². The van der Waals surface area contributed by atoms with Gasteiger partial charge in [-0.2, -0.15) is 0 Å². The van der Waals surface area contributed by atoms with Crippen LogP contribution in [0.15, 0.2) is 59.6 Å². The van der Waals surface area contributed by atoms with Gasteiger partial charge in [0, 0.05) is 18.7 Å². The van der Waals surface area contributed by atoms with Crippen molar-refractivity contribution in [1.29, 1.82) is 0 Å². The van der Waals surface area contributed by atoms with E-state index in [0.717, 1.165) is 61.2 Å². The molecule has 0 radical (unpaired) electrons. The molecule has 1 amide bonds. The Morgan fingerprint density at radius 1 is 1.03 bits per heavy atom. The van der Waals surface area contributed by atoms with Gasteiger partial charge in [0.25, 0.3) is 0 Å². The second-order valence-corrected chi connectivity index (χ2v) is 9.31. The minimum Gasteiger partial charge on any atom is -0.444 e. The van der Waals surface area contributed by atoms with Crippen LogP contribution in [0.3, 0.4) is 0 Å². The van der Waals surface area contributed by atoms with E-state index >= 15 is 0 Å². The summed E-state index contributed by atoms with van der Waals surface area (Å²) in [6.07, 6.45) is 4.83. The summed E-state index contributed by atoms with van der Waals surface area (Å²) in [5.74, 6) is 0.264. The maximum atomic E-state index is 13.5. The number of hydrogen-bond acceptors (Lipinski definition) is 4. The third-order valence-electron chi connectivity index (χ3n) is 7.95. The molecule has 2 saturated carbocycles. The van der Waals surface area contributed by atoms with Crippen LogP contribution in [0, 0.1) is 5.41 Å². The van der Waals surface area contributed by atoms with Crippen molar-refractivity contribution in [3.63, 3.8) is 0 Å². The number of aliphatic imine (C=N–C) groups is 1. The molecular weight excluding hydrogens is 388 g/mol. The van der Waals surface area contributed by atoms with Crippen molar-refractivity contribution >= 4 is 23.3 Å². The molecule has 4 aliphatic rings. The van der Waals surface area contributed by atoms with Crippen LogP contribution >= 0.6 is 0 Å². The molecule has 6 rings (SSSR count). The number of para-hydroxylation sites is 1. The summed E-state index contributed by atoms with van der Waals surface area (Å²) in [4.78, 5) is 33.7. The Hall–Kier alpha value is -2.95. The zero-order chi connectivity index (χ0) is 21.1. The molecule has 2 aliphatic carbocycles. The molecule has 0 saturated heterocycles. The van der Waals surface area contributed by atoms with E-state index in [9.17, 15) is 9.59 Å². The highest BCUT2D eigenvalue weighted by Gasteiger charge is 2.67. The molecule has 5 nitrogen and oxygen atoms in total. The van der Waals surface area contributed by atoms with Gasteiger partial charge in [0.15, 0.2) is 0 Å². The van der Waals surface area contributed by atoms with E-state index in [2.05, 4.69) is 6.07 Å². The normalized spacial score (nSPS) is 27.6. The molecular formula is C26H26N2O3. The summed E-state index contributed by atoms with van der Waals surface area (Å²) >= 11 is 0. The first-order valence-corrected chi connectivity index (χ1v) is 11.3. The molecule has 2 aromatic carbocycles. The summed E-state index contributed by atoms with van der Waals surface area (Å²) in [7, 11) is 0. The van der Waals surface area contributed by atoms with Gasteiger partial charge >= 0.3 is 6.09 Å². The van der Waals surface area contributed by atoms with Crippen molar-refractivity contribution in [3.05, 3.63) is 65.7 Å². The topological polar surface area (TPSA) is 59.0 Å². The lowest BCUT2D eigenvalue weighted by atomic mass is 9.55. The molecule has 2 fully saturated rings. The average molecular weight is 415 g/mol. The molecule has 0 unspecified atom stereocenters. The third-order valence-corrected chi connectivity index (χ3v) is 7.95. The second-order valence-electron chi connectivity index (χ2n) is 9.31. The van der Waals surface area contributed by atoms with Crippen LogP contribution in [-0.4, -0.2) is 30.2 Å². The van der Waals surface area contributed by atoms with Crippen LogP contribution in [0.5, 0.6) is 0 Å². The zero-order valence-electron chi connectivity index (χ0n) is 17.5. The summed E-state index contributed by atoms with van der Waals surface area (Å²) < 4.78 is 5.75. The maximum absolute atomic E-state index is 13.5. The Kier molecular flexibility index (Phi) is 4.11. The molecule has 0 bridgehead atoms. The van der Waals surface area contributed by atoms with Gasteiger partial charge in [-0.05, 0) is 36.5 Å². The van der Waals surface area contributed by atoms with Crippen molar-refractivity contribution in [2.75, 3.05) is 11.4 Å². The van der Waals surface area contributed by atoms with Crippen LogP contribution in [-0.2, 0) is 21.6 Å². The number of Topliss-reactive ketones (excluding diaryl/α,β-unsaturated/α-hetero) is 1. The lowest BCUT2D eigenvalue weighted by Gasteiger charge is -2.47. The standard InChI is InChI=1S/C26H26N2O3/c29-22-16-21-26(14-15-27-23(26)25(22)12-6-7-13-25)19-10-4-5-11-20(19)28(21)24(30)31-17-18-8-2-1-3-9-18/h1-5,8-11,21H,6-7,12-17H2/t21-,26-/m0/s1. The molecule has 2 atom stereocenters. The third kappa shape index (κ3) is 2.46.